The van der Waals surface area contributed by atoms with E-state index in [2.05, 4.69) is 68.6 Å². The van der Waals surface area contributed by atoms with Crippen LogP contribution in [0.2, 0.25) is 0 Å². The summed E-state index contributed by atoms with van der Waals surface area (Å²) in [5.74, 6) is 0.521. The van der Waals surface area contributed by atoms with Gasteiger partial charge in [-0.15, -0.1) is 0 Å². The lowest BCUT2D eigenvalue weighted by Gasteiger charge is -2.17. The van der Waals surface area contributed by atoms with Gasteiger partial charge in [0.15, 0.2) is 0 Å². The zero-order valence-corrected chi connectivity index (χ0v) is 12.6. The number of nitrogens with one attached hydrogen (secondary N) is 1. The number of para-hydroxylation sites is 1. The molecule has 0 atom stereocenters. The highest BCUT2D eigenvalue weighted by atomic mass is 14.9. The molecule has 106 valence electrons. The second-order valence-electron chi connectivity index (χ2n) is 5.57. The number of nitrogens with two attached hydrogens (primary N) is 1. The zero-order valence-electron chi connectivity index (χ0n) is 12.6. The third kappa shape index (κ3) is 3.40. The smallest absolute Gasteiger partial charge is 0.0407 e. The first kappa shape index (κ1) is 14.6. The molecule has 0 spiro atoms. The maximum atomic E-state index is 5.69. The van der Waals surface area contributed by atoms with Crippen LogP contribution >= 0.6 is 0 Å². The minimum absolute atomic E-state index is 0.521. The first-order chi connectivity index (χ1) is 9.61. The third-order valence-corrected chi connectivity index (χ3v) is 3.62. The van der Waals surface area contributed by atoms with Crippen molar-refractivity contribution in [3.05, 3.63) is 64.7 Å². The lowest BCUT2D eigenvalue weighted by molar-refractivity contribution is 0.863. The van der Waals surface area contributed by atoms with Crippen LogP contribution in [-0.4, -0.2) is 0 Å². The zero-order chi connectivity index (χ0) is 14.5. The van der Waals surface area contributed by atoms with Gasteiger partial charge in [0.1, 0.15) is 0 Å². The summed E-state index contributed by atoms with van der Waals surface area (Å²) in [5.41, 5.74) is 12.1. The molecule has 0 amide bonds. The van der Waals surface area contributed by atoms with Crippen LogP contribution in [-0.2, 0) is 13.1 Å². The van der Waals surface area contributed by atoms with Crippen LogP contribution in [0, 0.1) is 6.92 Å². The molecule has 2 heteroatoms. The van der Waals surface area contributed by atoms with E-state index in [0.29, 0.717) is 12.5 Å². The number of rotatable bonds is 5. The standard InChI is InChI=1S/C18H24N2/c1-13(2)17-9-4-6-14(3)18(17)20-12-16-8-5-7-15(10-16)11-19/h4-10,13,20H,11-12,19H2,1-3H3. The molecule has 0 heterocycles. The molecule has 0 saturated heterocycles. The second kappa shape index (κ2) is 6.58. The Labute approximate surface area is 122 Å². The van der Waals surface area contributed by atoms with E-state index in [0.717, 1.165) is 6.54 Å². The monoisotopic (exact) mass is 268 g/mol. The van der Waals surface area contributed by atoms with Gasteiger partial charge in [0.05, 0.1) is 0 Å². The molecule has 2 nitrogen and oxygen atoms in total. The molecule has 0 bridgehead atoms. The minimum atomic E-state index is 0.521. The predicted molar refractivity (Wildman–Crippen MR) is 86.9 cm³/mol. The van der Waals surface area contributed by atoms with Crippen LogP contribution in [0.5, 0.6) is 0 Å². The Kier molecular flexibility index (Phi) is 4.80. The molecular formula is C18H24N2. The van der Waals surface area contributed by atoms with E-state index in [1.807, 2.05) is 0 Å². The van der Waals surface area contributed by atoms with Gasteiger partial charge in [0, 0.05) is 18.8 Å². The van der Waals surface area contributed by atoms with E-state index in [1.54, 1.807) is 0 Å². The van der Waals surface area contributed by atoms with Crippen molar-refractivity contribution in [1.82, 2.24) is 0 Å². The van der Waals surface area contributed by atoms with Gasteiger partial charge in [-0.3, -0.25) is 0 Å². The van der Waals surface area contributed by atoms with Crippen LogP contribution in [0.3, 0.4) is 0 Å². The quantitative estimate of drug-likeness (QED) is 0.853. The highest BCUT2D eigenvalue weighted by molar-refractivity contribution is 5.58. The molecule has 0 aliphatic rings. The van der Waals surface area contributed by atoms with Gasteiger partial charge < -0.3 is 11.1 Å². The van der Waals surface area contributed by atoms with E-state index >= 15 is 0 Å². The van der Waals surface area contributed by atoms with E-state index in [-0.39, 0.29) is 0 Å². The predicted octanol–water partition coefficient (Wildman–Crippen LogP) is 4.19. The van der Waals surface area contributed by atoms with Crippen molar-refractivity contribution in [2.75, 3.05) is 5.32 Å². The summed E-state index contributed by atoms with van der Waals surface area (Å²) in [5, 5.41) is 3.59. The fourth-order valence-corrected chi connectivity index (χ4v) is 2.47. The van der Waals surface area contributed by atoms with E-state index in [1.165, 1.54) is 27.9 Å². The SMILES string of the molecule is Cc1cccc(C(C)C)c1NCc1cccc(CN)c1. The summed E-state index contributed by atoms with van der Waals surface area (Å²) in [7, 11) is 0. The van der Waals surface area contributed by atoms with Gasteiger partial charge in [-0.05, 0) is 35.1 Å². The highest BCUT2D eigenvalue weighted by Gasteiger charge is 2.08. The molecule has 0 aliphatic heterocycles. The summed E-state index contributed by atoms with van der Waals surface area (Å²) in [6.07, 6.45) is 0. The first-order valence-corrected chi connectivity index (χ1v) is 7.23. The van der Waals surface area contributed by atoms with Crippen molar-refractivity contribution in [3.63, 3.8) is 0 Å². The topological polar surface area (TPSA) is 38.0 Å². The third-order valence-electron chi connectivity index (χ3n) is 3.62. The lowest BCUT2D eigenvalue weighted by atomic mass is 9.98. The Morgan fingerprint density at radius 3 is 2.45 bits per heavy atom. The molecule has 0 fully saturated rings. The van der Waals surface area contributed by atoms with Crippen molar-refractivity contribution < 1.29 is 0 Å². The lowest BCUT2D eigenvalue weighted by Crippen LogP contribution is -2.06. The molecule has 0 unspecified atom stereocenters. The molecular weight excluding hydrogens is 244 g/mol. The van der Waals surface area contributed by atoms with Gasteiger partial charge in [-0.1, -0.05) is 56.3 Å². The number of benzene rings is 2. The average Bonchev–Trinajstić information content (AvgIpc) is 2.45. The van der Waals surface area contributed by atoms with Crippen LogP contribution in [0.4, 0.5) is 5.69 Å². The van der Waals surface area contributed by atoms with Crippen LogP contribution in [0.1, 0.15) is 42.0 Å². The van der Waals surface area contributed by atoms with Gasteiger partial charge >= 0.3 is 0 Å². The number of anilines is 1. The van der Waals surface area contributed by atoms with Crippen LogP contribution < -0.4 is 11.1 Å². The average molecular weight is 268 g/mol. The fourth-order valence-electron chi connectivity index (χ4n) is 2.47. The molecule has 0 aromatic heterocycles. The summed E-state index contributed by atoms with van der Waals surface area (Å²) in [6, 6.07) is 14.9. The highest BCUT2D eigenvalue weighted by Crippen LogP contribution is 2.27. The van der Waals surface area contributed by atoms with Gasteiger partial charge in [0.2, 0.25) is 0 Å². The van der Waals surface area contributed by atoms with Crippen molar-refractivity contribution in [3.8, 4) is 0 Å². The molecule has 20 heavy (non-hydrogen) atoms. The molecule has 0 radical (unpaired) electrons. The maximum Gasteiger partial charge on any atom is 0.0407 e. The van der Waals surface area contributed by atoms with Crippen molar-refractivity contribution >= 4 is 5.69 Å². The Morgan fingerprint density at radius 2 is 1.75 bits per heavy atom. The van der Waals surface area contributed by atoms with Crippen LogP contribution in [0.25, 0.3) is 0 Å². The molecule has 0 aliphatic carbocycles. The normalized spacial score (nSPS) is 10.8. The Bertz CT molecular complexity index is 573. The summed E-state index contributed by atoms with van der Waals surface area (Å²) < 4.78 is 0. The minimum Gasteiger partial charge on any atom is -0.381 e. The van der Waals surface area contributed by atoms with Gasteiger partial charge in [-0.25, -0.2) is 0 Å². The first-order valence-electron chi connectivity index (χ1n) is 7.23. The van der Waals surface area contributed by atoms with Crippen LogP contribution in [0.15, 0.2) is 42.5 Å². The number of hydrogen-bond acceptors (Lipinski definition) is 2. The number of aryl methyl sites for hydroxylation is 1. The summed E-state index contributed by atoms with van der Waals surface area (Å²) in [4.78, 5) is 0. The molecule has 2 aromatic carbocycles. The van der Waals surface area contributed by atoms with Crippen molar-refractivity contribution in [1.29, 1.82) is 0 Å². The molecule has 2 aromatic rings. The Balaban J connectivity index is 2.18. The maximum absolute atomic E-state index is 5.69. The van der Waals surface area contributed by atoms with Crippen molar-refractivity contribution in [2.24, 2.45) is 5.73 Å². The molecule has 0 saturated carbocycles. The molecule has 2 rings (SSSR count). The number of hydrogen-bond donors (Lipinski definition) is 2. The van der Waals surface area contributed by atoms with E-state index < -0.39 is 0 Å². The van der Waals surface area contributed by atoms with E-state index in [9.17, 15) is 0 Å². The van der Waals surface area contributed by atoms with Crippen molar-refractivity contribution in [2.45, 2.75) is 39.8 Å². The fraction of sp³-hybridized carbons (Fsp3) is 0.333. The Morgan fingerprint density at radius 1 is 1.05 bits per heavy atom. The second-order valence-corrected chi connectivity index (χ2v) is 5.57. The largest absolute Gasteiger partial charge is 0.381 e. The molecule has 3 N–H and O–H groups in total. The van der Waals surface area contributed by atoms with Gasteiger partial charge in [-0.2, -0.15) is 0 Å². The Hall–Kier alpha value is -1.80. The van der Waals surface area contributed by atoms with E-state index in [4.69, 9.17) is 5.73 Å². The summed E-state index contributed by atoms with van der Waals surface area (Å²) in [6.45, 7) is 8.04. The summed E-state index contributed by atoms with van der Waals surface area (Å²) >= 11 is 0. The van der Waals surface area contributed by atoms with Gasteiger partial charge in [0.25, 0.3) is 0 Å².